The van der Waals surface area contributed by atoms with Crippen molar-refractivity contribution < 1.29 is 9.53 Å². The normalized spacial score (nSPS) is 22.0. The van der Waals surface area contributed by atoms with E-state index in [0.29, 0.717) is 26.2 Å². The summed E-state index contributed by atoms with van der Waals surface area (Å²) in [6.07, 6.45) is 2.18. The number of nitrogens with zero attached hydrogens (tertiary/aromatic N) is 2. The Labute approximate surface area is 125 Å². The number of anilines is 2. The fourth-order valence-corrected chi connectivity index (χ4v) is 3.20. The van der Waals surface area contributed by atoms with E-state index in [1.54, 1.807) is 0 Å². The van der Waals surface area contributed by atoms with Crippen LogP contribution >= 0.6 is 0 Å². The van der Waals surface area contributed by atoms with Gasteiger partial charge in [-0.05, 0) is 37.5 Å². The monoisotopic (exact) mass is 289 g/mol. The van der Waals surface area contributed by atoms with Gasteiger partial charge in [-0.1, -0.05) is 6.07 Å². The summed E-state index contributed by atoms with van der Waals surface area (Å²) >= 11 is 0. The number of benzene rings is 1. The molecule has 2 heterocycles. The standard InChI is InChI=1S/C16H23N3O2/c1-12-10-19(8-9-21-12)16(20)11-18-7-3-4-13-14(17)5-2-6-15(13)18/h2,5-6,12H,3-4,7-11,17H2,1H3. The molecule has 1 amide bonds. The van der Waals surface area contributed by atoms with Gasteiger partial charge in [-0.25, -0.2) is 0 Å². The minimum atomic E-state index is 0.131. The maximum absolute atomic E-state index is 12.5. The van der Waals surface area contributed by atoms with Crippen LogP contribution in [0.5, 0.6) is 0 Å². The van der Waals surface area contributed by atoms with Gasteiger partial charge in [0.2, 0.25) is 5.91 Å². The third-order valence-electron chi connectivity index (χ3n) is 4.30. The lowest BCUT2D eigenvalue weighted by molar-refractivity contribution is -0.136. The van der Waals surface area contributed by atoms with Crippen molar-refractivity contribution in [2.75, 3.05) is 43.4 Å². The molecule has 2 N–H and O–H groups in total. The van der Waals surface area contributed by atoms with Crippen molar-refractivity contribution in [2.45, 2.75) is 25.9 Å². The highest BCUT2D eigenvalue weighted by Crippen LogP contribution is 2.31. The van der Waals surface area contributed by atoms with Crippen LogP contribution < -0.4 is 10.6 Å². The number of hydrogen-bond donors (Lipinski definition) is 1. The van der Waals surface area contributed by atoms with Crippen LogP contribution in [-0.4, -0.2) is 49.7 Å². The Morgan fingerprint density at radius 3 is 3.10 bits per heavy atom. The van der Waals surface area contributed by atoms with E-state index in [9.17, 15) is 4.79 Å². The summed E-state index contributed by atoms with van der Waals surface area (Å²) in [6, 6.07) is 5.97. The Morgan fingerprint density at radius 1 is 1.43 bits per heavy atom. The first-order chi connectivity index (χ1) is 10.1. The van der Waals surface area contributed by atoms with Crippen LogP contribution in [0.3, 0.4) is 0 Å². The number of rotatable bonds is 2. The van der Waals surface area contributed by atoms with E-state index < -0.39 is 0 Å². The van der Waals surface area contributed by atoms with Gasteiger partial charge >= 0.3 is 0 Å². The van der Waals surface area contributed by atoms with E-state index in [1.807, 2.05) is 24.0 Å². The molecule has 1 fully saturated rings. The summed E-state index contributed by atoms with van der Waals surface area (Å²) in [7, 11) is 0. The third kappa shape index (κ3) is 2.97. The Morgan fingerprint density at radius 2 is 2.29 bits per heavy atom. The number of carbonyl (C=O) groups is 1. The molecule has 0 aromatic heterocycles. The van der Waals surface area contributed by atoms with E-state index >= 15 is 0 Å². The fraction of sp³-hybridized carbons (Fsp3) is 0.562. The summed E-state index contributed by atoms with van der Waals surface area (Å²) < 4.78 is 5.50. The number of nitrogen functional groups attached to an aromatic ring is 1. The van der Waals surface area contributed by atoms with Crippen molar-refractivity contribution in [3.63, 3.8) is 0 Å². The van der Waals surface area contributed by atoms with Crippen LogP contribution in [0.25, 0.3) is 0 Å². The molecule has 5 heteroatoms. The molecule has 0 bridgehead atoms. The zero-order chi connectivity index (χ0) is 14.8. The van der Waals surface area contributed by atoms with Crippen molar-refractivity contribution >= 4 is 17.3 Å². The molecule has 0 aliphatic carbocycles. The summed E-state index contributed by atoms with van der Waals surface area (Å²) in [6.45, 7) is 5.38. The van der Waals surface area contributed by atoms with Gasteiger partial charge in [0.25, 0.3) is 0 Å². The molecule has 1 aromatic carbocycles. The number of hydrogen-bond acceptors (Lipinski definition) is 4. The van der Waals surface area contributed by atoms with Crippen molar-refractivity contribution in [1.82, 2.24) is 4.90 Å². The Bertz CT molecular complexity index is 532. The molecule has 1 atom stereocenters. The molecule has 5 nitrogen and oxygen atoms in total. The van der Waals surface area contributed by atoms with Gasteiger partial charge in [-0.15, -0.1) is 0 Å². The molecule has 0 saturated carbocycles. The van der Waals surface area contributed by atoms with Gasteiger partial charge in [-0.3, -0.25) is 4.79 Å². The fourth-order valence-electron chi connectivity index (χ4n) is 3.20. The minimum Gasteiger partial charge on any atom is -0.398 e. The highest BCUT2D eigenvalue weighted by molar-refractivity contribution is 5.83. The van der Waals surface area contributed by atoms with Crippen molar-refractivity contribution in [2.24, 2.45) is 0 Å². The zero-order valence-corrected chi connectivity index (χ0v) is 12.5. The maximum Gasteiger partial charge on any atom is 0.242 e. The number of ether oxygens (including phenoxy) is 1. The third-order valence-corrected chi connectivity index (χ3v) is 4.30. The molecular formula is C16H23N3O2. The summed E-state index contributed by atoms with van der Waals surface area (Å²) in [5, 5.41) is 0. The van der Waals surface area contributed by atoms with E-state index in [0.717, 1.165) is 30.8 Å². The predicted octanol–water partition coefficient (Wildman–Crippen LogP) is 1.27. The first-order valence-corrected chi connectivity index (χ1v) is 7.67. The SMILES string of the molecule is CC1CN(C(=O)CN2CCCc3c(N)cccc32)CCO1. The highest BCUT2D eigenvalue weighted by atomic mass is 16.5. The summed E-state index contributed by atoms with van der Waals surface area (Å²) in [5.74, 6) is 0.181. The number of nitrogens with two attached hydrogens (primary N) is 1. The van der Waals surface area contributed by atoms with Crippen LogP contribution in [-0.2, 0) is 16.0 Å². The summed E-state index contributed by atoms with van der Waals surface area (Å²) in [5.41, 5.74) is 9.20. The molecule has 114 valence electrons. The van der Waals surface area contributed by atoms with E-state index in [2.05, 4.69) is 11.0 Å². The maximum atomic E-state index is 12.5. The molecule has 1 saturated heterocycles. The van der Waals surface area contributed by atoms with Gasteiger partial charge in [-0.2, -0.15) is 0 Å². The first-order valence-electron chi connectivity index (χ1n) is 7.67. The van der Waals surface area contributed by atoms with E-state index in [4.69, 9.17) is 10.5 Å². The molecule has 2 aliphatic heterocycles. The number of amides is 1. The molecule has 21 heavy (non-hydrogen) atoms. The average molecular weight is 289 g/mol. The predicted molar refractivity (Wildman–Crippen MR) is 83.4 cm³/mol. The van der Waals surface area contributed by atoms with Crippen LogP contribution in [0.2, 0.25) is 0 Å². The molecule has 0 spiro atoms. The second kappa shape index (κ2) is 5.93. The Kier molecular flexibility index (Phi) is 4.01. The van der Waals surface area contributed by atoms with Gasteiger partial charge in [0.15, 0.2) is 0 Å². The largest absolute Gasteiger partial charge is 0.398 e. The van der Waals surface area contributed by atoms with Crippen LogP contribution in [0.1, 0.15) is 18.9 Å². The molecule has 1 aromatic rings. The smallest absolute Gasteiger partial charge is 0.242 e. The zero-order valence-electron chi connectivity index (χ0n) is 12.5. The van der Waals surface area contributed by atoms with Gasteiger partial charge in [0.1, 0.15) is 0 Å². The molecule has 0 radical (unpaired) electrons. The summed E-state index contributed by atoms with van der Waals surface area (Å²) in [4.78, 5) is 16.6. The van der Waals surface area contributed by atoms with Crippen LogP contribution in [0, 0.1) is 0 Å². The first kappa shape index (κ1) is 14.2. The van der Waals surface area contributed by atoms with Gasteiger partial charge < -0.3 is 20.3 Å². The Balaban J connectivity index is 1.71. The lowest BCUT2D eigenvalue weighted by Crippen LogP contribution is -2.49. The van der Waals surface area contributed by atoms with Crippen molar-refractivity contribution in [3.05, 3.63) is 23.8 Å². The molecular weight excluding hydrogens is 266 g/mol. The minimum absolute atomic E-state index is 0.131. The number of carbonyl (C=O) groups excluding carboxylic acids is 1. The quantitative estimate of drug-likeness (QED) is 0.833. The van der Waals surface area contributed by atoms with Gasteiger partial charge in [0, 0.05) is 31.0 Å². The highest BCUT2D eigenvalue weighted by Gasteiger charge is 2.25. The molecule has 3 rings (SSSR count). The van der Waals surface area contributed by atoms with Crippen molar-refractivity contribution in [1.29, 1.82) is 0 Å². The lowest BCUT2D eigenvalue weighted by Gasteiger charge is -2.35. The molecule has 2 aliphatic rings. The van der Waals surface area contributed by atoms with Gasteiger partial charge in [0.05, 0.1) is 19.3 Å². The van der Waals surface area contributed by atoms with E-state index in [1.165, 1.54) is 5.56 Å². The van der Waals surface area contributed by atoms with Crippen LogP contribution in [0.15, 0.2) is 18.2 Å². The van der Waals surface area contributed by atoms with Crippen molar-refractivity contribution in [3.8, 4) is 0 Å². The number of fused-ring (bicyclic) bond motifs is 1. The average Bonchev–Trinajstić information content (AvgIpc) is 2.48. The second-order valence-corrected chi connectivity index (χ2v) is 5.89. The topological polar surface area (TPSA) is 58.8 Å². The Hall–Kier alpha value is -1.75. The van der Waals surface area contributed by atoms with E-state index in [-0.39, 0.29) is 12.0 Å². The van der Waals surface area contributed by atoms with Crippen LogP contribution in [0.4, 0.5) is 11.4 Å². The molecule has 1 unspecified atom stereocenters. The second-order valence-electron chi connectivity index (χ2n) is 5.89. The number of morpholine rings is 1. The lowest BCUT2D eigenvalue weighted by atomic mass is 10.00.